The maximum absolute atomic E-state index is 12.4. The molecule has 5 N–H and O–H groups in total. The first-order chi connectivity index (χ1) is 11.3. The van der Waals surface area contributed by atoms with Gasteiger partial charge in [0.2, 0.25) is 11.8 Å². The summed E-state index contributed by atoms with van der Waals surface area (Å²) in [5, 5.41) is 14.0. The van der Waals surface area contributed by atoms with Gasteiger partial charge in [0.15, 0.2) is 0 Å². The first-order valence-corrected chi connectivity index (χ1v) is 10.1. The summed E-state index contributed by atoms with van der Waals surface area (Å²) in [5.74, 6) is -3.33. The molecule has 25 heavy (non-hydrogen) atoms. The molecule has 2 amide bonds. The van der Waals surface area contributed by atoms with Crippen LogP contribution in [0.2, 0.25) is 0 Å². The van der Waals surface area contributed by atoms with Gasteiger partial charge in [-0.05, 0) is 18.3 Å². The zero-order chi connectivity index (χ0) is 19.9. The van der Waals surface area contributed by atoms with Gasteiger partial charge in [-0.25, -0.2) is 13.2 Å². The van der Waals surface area contributed by atoms with Crippen LogP contribution in [-0.4, -0.2) is 61.4 Å². The number of hydrogen-bond donors (Lipinski definition) is 4. The zero-order valence-corrected chi connectivity index (χ0v) is 16.1. The number of carbonyl (C=O) groups excluding carboxylic acids is 2. The fourth-order valence-electron chi connectivity index (χ4n) is 2.02. The predicted molar refractivity (Wildman–Crippen MR) is 93.5 cm³/mol. The zero-order valence-electron chi connectivity index (χ0n) is 15.3. The Labute approximate surface area is 148 Å². The molecular formula is C15H29N3O6S. The van der Waals surface area contributed by atoms with Gasteiger partial charge < -0.3 is 21.5 Å². The number of nitrogens with one attached hydrogen (secondary N) is 2. The SMILES string of the molecule is CC(C)[C@H](NC(=O)[C@@H](NC(=O)[C@@H](N)CCS(C)(=O)=O)C(C)C)C(=O)O. The molecule has 0 aromatic rings. The highest BCUT2D eigenvalue weighted by atomic mass is 32.2. The van der Waals surface area contributed by atoms with Gasteiger partial charge in [-0.15, -0.1) is 0 Å². The van der Waals surface area contributed by atoms with Crippen molar-refractivity contribution in [1.29, 1.82) is 0 Å². The number of aliphatic carboxylic acids is 1. The van der Waals surface area contributed by atoms with Gasteiger partial charge in [0, 0.05) is 6.26 Å². The van der Waals surface area contributed by atoms with Crippen molar-refractivity contribution in [2.75, 3.05) is 12.0 Å². The first-order valence-electron chi connectivity index (χ1n) is 8.03. The molecule has 0 aliphatic rings. The summed E-state index contributed by atoms with van der Waals surface area (Å²) in [7, 11) is -3.25. The molecule has 0 radical (unpaired) electrons. The van der Waals surface area contributed by atoms with Gasteiger partial charge in [-0.2, -0.15) is 0 Å². The van der Waals surface area contributed by atoms with Crippen LogP contribution in [0, 0.1) is 11.8 Å². The highest BCUT2D eigenvalue weighted by Crippen LogP contribution is 2.07. The topological polar surface area (TPSA) is 156 Å². The minimum atomic E-state index is -3.25. The average Bonchev–Trinajstić information content (AvgIpc) is 2.45. The van der Waals surface area contributed by atoms with Crippen LogP contribution in [0.4, 0.5) is 0 Å². The van der Waals surface area contributed by atoms with Crippen molar-refractivity contribution < 1.29 is 27.9 Å². The van der Waals surface area contributed by atoms with E-state index < -0.39 is 45.7 Å². The Morgan fingerprint density at radius 3 is 1.76 bits per heavy atom. The second kappa shape index (κ2) is 9.71. The molecule has 146 valence electrons. The number of carbonyl (C=O) groups is 3. The molecule has 0 saturated carbocycles. The van der Waals surface area contributed by atoms with Crippen LogP contribution in [-0.2, 0) is 24.2 Å². The van der Waals surface area contributed by atoms with Crippen molar-refractivity contribution in [2.24, 2.45) is 17.6 Å². The van der Waals surface area contributed by atoms with Crippen molar-refractivity contribution in [2.45, 2.75) is 52.2 Å². The lowest BCUT2D eigenvalue weighted by molar-refractivity contribution is -0.143. The van der Waals surface area contributed by atoms with Gasteiger partial charge in [0.05, 0.1) is 11.8 Å². The Hall–Kier alpha value is -1.68. The summed E-state index contributed by atoms with van der Waals surface area (Å²) in [6.45, 7) is 6.70. The van der Waals surface area contributed by atoms with E-state index in [2.05, 4.69) is 10.6 Å². The summed E-state index contributed by atoms with van der Waals surface area (Å²) < 4.78 is 22.3. The van der Waals surface area contributed by atoms with E-state index in [-0.39, 0.29) is 24.0 Å². The van der Waals surface area contributed by atoms with E-state index in [0.717, 1.165) is 6.26 Å². The molecule has 0 aliphatic heterocycles. The molecule has 3 atom stereocenters. The fourth-order valence-corrected chi connectivity index (χ4v) is 2.71. The van der Waals surface area contributed by atoms with Crippen LogP contribution in [0.15, 0.2) is 0 Å². The van der Waals surface area contributed by atoms with Crippen molar-refractivity contribution in [3.05, 3.63) is 0 Å². The van der Waals surface area contributed by atoms with Crippen LogP contribution in [0.25, 0.3) is 0 Å². The van der Waals surface area contributed by atoms with Crippen LogP contribution >= 0.6 is 0 Å². The number of rotatable bonds is 10. The van der Waals surface area contributed by atoms with E-state index >= 15 is 0 Å². The molecule has 9 nitrogen and oxygen atoms in total. The largest absolute Gasteiger partial charge is 0.480 e. The minimum Gasteiger partial charge on any atom is -0.480 e. The summed E-state index contributed by atoms with van der Waals surface area (Å²) in [6, 6.07) is -3.13. The predicted octanol–water partition coefficient (Wildman–Crippen LogP) is -0.885. The van der Waals surface area contributed by atoms with Crippen LogP contribution < -0.4 is 16.4 Å². The summed E-state index contributed by atoms with van der Waals surface area (Å²) in [6.07, 6.45) is 0.973. The third-order valence-corrected chi connectivity index (χ3v) is 4.59. The van der Waals surface area contributed by atoms with E-state index in [1.165, 1.54) is 0 Å². The molecule has 10 heteroatoms. The number of hydrogen-bond acceptors (Lipinski definition) is 6. The molecule has 0 aliphatic carbocycles. The Kier molecular flexibility index (Phi) is 9.06. The third kappa shape index (κ3) is 8.82. The minimum absolute atomic E-state index is 0.0686. The van der Waals surface area contributed by atoms with Crippen LogP contribution in [0.5, 0.6) is 0 Å². The highest BCUT2D eigenvalue weighted by molar-refractivity contribution is 7.90. The average molecular weight is 379 g/mol. The molecule has 0 spiro atoms. The van der Waals surface area contributed by atoms with Gasteiger partial charge in [-0.3, -0.25) is 9.59 Å². The summed E-state index contributed by atoms with van der Waals surface area (Å²) >= 11 is 0. The third-order valence-electron chi connectivity index (χ3n) is 3.61. The van der Waals surface area contributed by atoms with Gasteiger partial charge in [0.1, 0.15) is 21.9 Å². The standard InChI is InChI=1S/C15H29N3O6S/c1-8(2)11(14(20)18-12(9(3)4)15(21)22)17-13(19)10(16)6-7-25(5,23)24/h8-12H,6-7,16H2,1-5H3,(H,17,19)(H,18,20)(H,21,22)/t10-,11-,12-/m0/s1. The molecule has 0 heterocycles. The Morgan fingerprint density at radius 2 is 1.40 bits per heavy atom. The Balaban J connectivity index is 4.97. The molecule has 0 aromatic carbocycles. The van der Waals surface area contributed by atoms with Gasteiger partial charge in [0.25, 0.3) is 0 Å². The van der Waals surface area contributed by atoms with Crippen molar-refractivity contribution >= 4 is 27.6 Å². The molecule has 0 unspecified atom stereocenters. The van der Waals surface area contributed by atoms with Gasteiger partial charge >= 0.3 is 5.97 Å². The first kappa shape index (κ1) is 23.3. The van der Waals surface area contributed by atoms with E-state index in [4.69, 9.17) is 10.8 Å². The lowest BCUT2D eigenvalue weighted by atomic mass is 10.00. The lowest BCUT2D eigenvalue weighted by Gasteiger charge is -2.26. The van der Waals surface area contributed by atoms with E-state index in [1.54, 1.807) is 27.7 Å². The van der Waals surface area contributed by atoms with E-state index in [0.29, 0.717) is 0 Å². The van der Waals surface area contributed by atoms with Crippen molar-refractivity contribution in [1.82, 2.24) is 10.6 Å². The normalized spacial score (nSPS) is 15.5. The van der Waals surface area contributed by atoms with E-state index in [9.17, 15) is 22.8 Å². The van der Waals surface area contributed by atoms with Gasteiger partial charge in [-0.1, -0.05) is 27.7 Å². The van der Waals surface area contributed by atoms with Crippen LogP contribution in [0.3, 0.4) is 0 Å². The molecule has 0 saturated heterocycles. The van der Waals surface area contributed by atoms with Crippen molar-refractivity contribution in [3.63, 3.8) is 0 Å². The van der Waals surface area contributed by atoms with Crippen molar-refractivity contribution in [3.8, 4) is 0 Å². The molecule has 0 aromatic heterocycles. The number of sulfone groups is 1. The summed E-state index contributed by atoms with van der Waals surface area (Å²) in [5.41, 5.74) is 5.67. The number of nitrogens with two attached hydrogens (primary N) is 1. The smallest absolute Gasteiger partial charge is 0.326 e. The Morgan fingerprint density at radius 1 is 0.960 bits per heavy atom. The number of amides is 2. The maximum atomic E-state index is 12.4. The molecule has 0 rings (SSSR count). The second-order valence-electron chi connectivity index (χ2n) is 6.82. The Bertz CT molecular complexity index is 588. The second-order valence-corrected chi connectivity index (χ2v) is 9.08. The van der Waals surface area contributed by atoms with E-state index in [1.807, 2.05) is 0 Å². The summed E-state index contributed by atoms with van der Waals surface area (Å²) in [4.78, 5) is 35.7. The fraction of sp³-hybridized carbons (Fsp3) is 0.800. The monoisotopic (exact) mass is 379 g/mol. The molecular weight excluding hydrogens is 350 g/mol. The number of carboxylic acid groups (broad SMARTS) is 1. The quantitative estimate of drug-likeness (QED) is 0.384. The highest BCUT2D eigenvalue weighted by Gasteiger charge is 2.31. The molecule has 0 bridgehead atoms. The lowest BCUT2D eigenvalue weighted by Crippen LogP contribution is -2.57. The number of carboxylic acids is 1. The molecule has 0 fully saturated rings. The van der Waals surface area contributed by atoms with Crippen LogP contribution in [0.1, 0.15) is 34.1 Å². The maximum Gasteiger partial charge on any atom is 0.326 e.